The van der Waals surface area contributed by atoms with Crippen LogP contribution in [0.5, 0.6) is 0 Å². The number of pyridine rings is 1. The molecule has 0 aliphatic carbocycles. The highest BCUT2D eigenvalue weighted by Crippen LogP contribution is 2.17. The second kappa shape index (κ2) is 3.95. The number of anilines is 1. The lowest BCUT2D eigenvalue weighted by atomic mass is 10.3. The summed E-state index contributed by atoms with van der Waals surface area (Å²) < 4.78 is 1.78. The van der Waals surface area contributed by atoms with E-state index in [-0.39, 0.29) is 4.87 Å². The summed E-state index contributed by atoms with van der Waals surface area (Å²) in [6.07, 6.45) is 1.77. The monoisotopic (exact) mass is 261 g/mol. The van der Waals surface area contributed by atoms with Gasteiger partial charge in [-0.25, -0.2) is 9.97 Å². The molecular formula is C11H11N5OS. The molecule has 3 aromatic heterocycles. The summed E-state index contributed by atoms with van der Waals surface area (Å²) in [4.78, 5) is 22.4. The van der Waals surface area contributed by atoms with Gasteiger partial charge in [0.1, 0.15) is 5.52 Å². The SMILES string of the molecule is Cc1cnc2c(c1)nc(N)n2Cc1csc(=O)[nH]1. The minimum Gasteiger partial charge on any atom is -0.369 e. The fourth-order valence-corrected chi connectivity index (χ4v) is 2.42. The van der Waals surface area contributed by atoms with Crippen molar-refractivity contribution in [2.75, 3.05) is 5.73 Å². The van der Waals surface area contributed by atoms with E-state index in [0.717, 1.165) is 33.8 Å². The third-order valence-corrected chi connectivity index (χ3v) is 3.37. The number of aryl methyl sites for hydroxylation is 1. The van der Waals surface area contributed by atoms with Crippen LogP contribution in [0.4, 0.5) is 5.95 Å². The van der Waals surface area contributed by atoms with Crippen molar-refractivity contribution in [3.05, 3.63) is 38.6 Å². The molecule has 3 aromatic rings. The highest BCUT2D eigenvalue weighted by Gasteiger charge is 2.10. The molecule has 92 valence electrons. The van der Waals surface area contributed by atoms with Gasteiger partial charge in [-0.2, -0.15) is 0 Å². The van der Waals surface area contributed by atoms with E-state index in [1.54, 1.807) is 16.1 Å². The molecular weight excluding hydrogens is 250 g/mol. The van der Waals surface area contributed by atoms with Crippen molar-refractivity contribution in [2.24, 2.45) is 0 Å². The number of nitrogens with two attached hydrogens (primary N) is 1. The minimum absolute atomic E-state index is 0.0724. The Morgan fingerprint density at radius 2 is 2.39 bits per heavy atom. The van der Waals surface area contributed by atoms with E-state index in [1.807, 2.05) is 13.0 Å². The molecule has 0 fully saturated rings. The van der Waals surface area contributed by atoms with Gasteiger partial charge in [0.2, 0.25) is 5.95 Å². The van der Waals surface area contributed by atoms with E-state index in [1.165, 1.54) is 0 Å². The molecule has 0 aliphatic rings. The minimum atomic E-state index is -0.0724. The maximum absolute atomic E-state index is 11.1. The van der Waals surface area contributed by atoms with Crippen LogP contribution in [0.25, 0.3) is 11.2 Å². The first-order valence-corrected chi connectivity index (χ1v) is 6.26. The number of hydrogen-bond acceptors (Lipinski definition) is 5. The Balaban J connectivity index is 2.11. The number of aromatic amines is 1. The Hall–Kier alpha value is -2.15. The number of imidazole rings is 1. The second-order valence-electron chi connectivity index (χ2n) is 4.08. The van der Waals surface area contributed by atoms with Crippen LogP contribution in [0.3, 0.4) is 0 Å². The molecule has 0 radical (unpaired) electrons. The zero-order valence-corrected chi connectivity index (χ0v) is 10.5. The molecule has 6 nitrogen and oxygen atoms in total. The molecule has 3 heterocycles. The number of nitrogens with zero attached hydrogens (tertiary/aromatic N) is 3. The third kappa shape index (κ3) is 1.78. The van der Waals surface area contributed by atoms with Crippen molar-refractivity contribution in [2.45, 2.75) is 13.5 Å². The van der Waals surface area contributed by atoms with Gasteiger partial charge >= 0.3 is 4.87 Å². The van der Waals surface area contributed by atoms with Gasteiger partial charge in [-0.05, 0) is 18.6 Å². The fourth-order valence-electron chi connectivity index (χ4n) is 1.85. The van der Waals surface area contributed by atoms with Crippen molar-refractivity contribution in [3.63, 3.8) is 0 Å². The van der Waals surface area contributed by atoms with Crippen LogP contribution < -0.4 is 10.6 Å². The Labute approximate surface area is 106 Å². The zero-order valence-electron chi connectivity index (χ0n) is 9.67. The van der Waals surface area contributed by atoms with Crippen LogP contribution in [-0.4, -0.2) is 19.5 Å². The first-order valence-electron chi connectivity index (χ1n) is 5.38. The van der Waals surface area contributed by atoms with Crippen LogP contribution in [0.2, 0.25) is 0 Å². The number of aromatic nitrogens is 4. The molecule has 0 saturated heterocycles. The topological polar surface area (TPSA) is 89.6 Å². The maximum Gasteiger partial charge on any atom is 0.304 e. The highest BCUT2D eigenvalue weighted by atomic mass is 32.1. The van der Waals surface area contributed by atoms with Gasteiger partial charge in [-0.15, -0.1) is 0 Å². The van der Waals surface area contributed by atoms with E-state index in [4.69, 9.17) is 5.73 Å². The van der Waals surface area contributed by atoms with Crippen LogP contribution in [0.1, 0.15) is 11.3 Å². The quantitative estimate of drug-likeness (QED) is 0.723. The maximum atomic E-state index is 11.1. The van der Waals surface area contributed by atoms with E-state index in [0.29, 0.717) is 12.5 Å². The largest absolute Gasteiger partial charge is 0.369 e. The molecule has 3 rings (SSSR count). The number of fused-ring (bicyclic) bond motifs is 1. The first kappa shape index (κ1) is 11.0. The van der Waals surface area contributed by atoms with E-state index < -0.39 is 0 Å². The summed E-state index contributed by atoms with van der Waals surface area (Å²) in [6, 6.07) is 1.94. The first-order chi connectivity index (χ1) is 8.63. The molecule has 7 heteroatoms. The molecule has 0 aromatic carbocycles. The van der Waals surface area contributed by atoms with Crippen LogP contribution in [0, 0.1) is 6.92 Å². The van der Waals surface area contributed by atoms with Crippen LogP contribution in [0.15, 0.2) is 22.4 Å². The molecule has 0 aliphatic heterocycles. The smallest absolute Gasteiger partial charge is 0.304 e. The van der Waals surface area contributed by atoms with E-state index >= 15 is 0 Å². The lowest BCUT2D eigenvalue weighted by Crippen LogP contribution is -2.07. The Morgan fingerprint density at radius 3 is 3.11 bits per heavy atom. The van der Waals surface area contributed by atoms with Crippen molar-refractivity contribution >= 4 is 28.4 Å². The summed E-state index contributed by atoms with van der Waals surface area (Å²) >= 11 is 1.13. The van der Waals surface area contributed by atoms with E-state index in [9.17, 15) is 4.79 Å². The Kier molecular flexibility index (Phi) is 2.41. The molecule has 0 saturated carbocycles. The number of thiazole rings is 1. The number of H-pyrrole nitrogens is 1. The van der Waals surface area contributed by atoms with Gasteiger partial charge < -0.3 is 10.7 Å². The average molecular weight is 261 g/mol. The fraction of sp³-hybridized carbons (Fsp3) is 0.182. The van der Waals surface area contributed by atoms with Gasteiger partial charge in [0.25, 0.3) is 0 Å². The highest BCUT2D eigenvalue weighted by molar-refractivity contribution is 7.07. The molecule has 0 unspecified atom stereocenters. The third-order valence-electron chi connectivity index (χ3n) is 2.65. The standard InChI is InChI=1S/C11H11N5OS/c1-6-2-8-9(13-3-6)16(10(12)15-8)4-7-5-18-11(17)14-7/h2-3,5H,4H2,1H3,(H2,12,15)(H,14,17). The van der Waals surface area contributed by atoms with Crippen LogP contribution >= 0.6 is 11.3 Å². The van der Waals surface area contributed by atoms with Crippen molar-refractivity contribution < 1.29 is 0 Å². The summed E-state index contributed by atoms with van der Waals surface area (Å²) in [7, 11) is 0. The number of nitrogens with one attached hydrogen (secondary N) is 1. The molecule has 0 amide bonds. The number of nitrogen functional groups attached to an aromatic ring is 1. The van der Waals surface area contributed by atoms with Gasteiger partial charge in [0.05, 0.1) is 6.54 Å². The number of rotatable bonds is 2. The molecule has 0 spiro atoms. The van der Waals surface area contributed by atoms with E-state index in [2.05, 4.69) is 15.0 Å². The Morgan fingerprint density at radius 1 is 1.56 bits per heavy atom. The molecule has 0 bridgehead atoms. The van der Waals surface area contributed by atoms with Gasteiger partial charge in [-0.1, -0.05) is 11.3 Å². The predicted molar refractivity (Wildman–Crippen MR) is 70.7 cm³/mol. The summed E-state index contributed by atoms with van der Waals surface area (Å²) in [5, 5.41) is 1.78. The average Bonchev–Trinajstić information content (AvgIpc) is 2.84. The summed E-state index contributed by atoms with van der Waals surface area (Å²) in [5.74, 6) is 0.398. The van der Waals surface area contributed by atoms with Crippen molar-refractivity contribution in [1.82, 2.24) is 19.5 Å². The zero-order chi connectivity index (χ0) is 12.7. The van der Waals surface area contributed by atoms with Crippen molar-refractivity contribution in [1.29, 1.82) is 0 Å². The van der Waals surface area contributed by atoms with Gasteiger partial charge in [0, 0.05) is 17.3 Å². The molecule has 18 heavy (non-hydrogen) atoms. The summed E-state index contributed by atoms with van der Waals surface area (Å²) in [6.45, 7) is 2.43. The molecule has 0 atom stereocenters. The summed E-state index contributed by atoms with van der Waals surface area (Å²) in [5.41, 5.74) is 9.22. The van der Waals surface area contributed by atoms with Crippen molar-refractivity contribution in [3.8, 4) is 0 Å². The predicted octanol–water partition coefficient (Wildman–Crippen LogP) is 1.12. The Bertz CT molecular complexity index is 769. The van der Waals surface area contributed by atoms with Gasteiger partial charge in [-0.3, -0.25) is 9.36 Å². The number of hydrogen-bond donors (Lipinski definition) is 2. The lowest BCUT2D eigenvalue weighted by Gasteiger charge is -2.03. The molecule has 3 N–H and O–H groups in total. The van der Waals surface area contributed by atoms with Crippen LogP contribution in [-0.2, 0) is 6.54 Å². The lowest BCUT2D eigenvalue weighted by molar-refractivity contribution is 0.804. The van der Waals surface area contributed by atoms with Gasteiger partial charge in [0.15, 0.2) is 5.65 Å². The normalized spacial score (nSPS) is 11.2. The second-order valence-corrected chi connectivity index (χ2v) is 4.93.